The van der Waals surface area contributed by atoms with Crippen molar-refractivity contribution >= 4 is 102 Å². The maximum atomic E-state index is 12.0. The van der Waals surface area contributed by atoms with E-state index in [2.05, 4.69) is 29.8 Å². The number of carboxylic acids is 1. The SMILES string of the molecule is BrCCC1OCCO1.CCOC(=O)C(=Cc1ccco1)CC1OCCO1.CCOC(=O)C(=Cc1ccco1)CC1OCCO1.CCOC(=O)OCC.CCOC(=O)c1ccc2ccoc2c1.CCOP(=O)(CCC1O[CH+]CO1)OCC.CCOP(=O)(OCC)OCC.O=C(O)c1ccc2ccoc2c1.O=Cc1ccco1.[OH-]. The quantitative estimate of drug-likeness (QED) is 0.00802. The van der Waals surface area contributed by atoms with Gasteiger partial charge in [-0.25, -0.2) is 28.5 Å². The summed E-state index contributed by atoms with van der Waals surface area (Å²) in [6, 6.07) is 24.0. The molecule has 0 radical (unpaired) electrons. The molecule has 9 heterocycles. The van der Waals surface area contributed by atoms with Gasteiger partial charge in [-0.15, -0.1) is 0 Å². The lowest BCUT2D eigenvalue weighted by Gasteiger charge is -2.17. The number of phosphoric ester groups is 1. The zero-order valence-corrected chi connectivity index (χ0v) is 68.0. The van der Waals surface area contributed by atoms with Gasteiger partial charge in [-0.3, -0.25) is 22.9 Å². The highest BCUT2D eigenvalue weighted by molar-refractivity contribution is 9.09. The molecule has 0 spiro atoms. The second kappa shape index (κ2) is 60.5. The highest BCUT2D eigenvalue weighted by atomic mass is 79.9. The summed E-state index contributed by atoms with van der Waals surface area (Å²) in [5.41, 5.74) is 3.05. The Bertz CT molecular complexity index is 3650. The van der Waals surface area contributed by atoms with E-state index in [4.69, 9.17) is 97.5 Å². The summed E-state index contributed by atoms with van der Waals surface area (Å²) in [6.07, 6.45) is 12.6. The number of aromatic carboxylic acids is 1. The molecule has 4 fully saturated rings. The fraction of sp³-hybridized carbons (Fsp3) is 0.487. The lowest BCUT2D eigenvalue weighted by Crippen LogP contribution is -2.15. The minimum Gasteiger partial charge on any atom is -0.870 e. The number of rotatable bonds is 31. The van der Waals surface area contributed by atoms with Crippen molar-refractivity contribution in [1.29, 1.82) is 0 Å². The van der Waals surface area contributed by atoms with Crippen LogP contribution in [0.15, 0.2) is 149 Å². The maximum absolute atomic E-state index is 12.0. The van der Waals surface area contributed by atoms with E-state index in [0.29, 0.717) is 176 Å². The van der Waals surface area contributed by atoms with Crippen LogP contribution in [0.5, 0.6) is 0 Å². The predicted octanol–water partition coefficient (Wildman–Crippen LogP) is 16.3. The fourth-order valence-corrected chi connectivity index (χ4v) is 12.1. The highest BCUT2D eigenvalue weighted by Gasteiger charge is 2.31. The number of hydrogen-bond donors (Lipinski definition) is 1. The first-order chi connectivity index (χ1) is 53.7. The molecule has 7 aromatic rings. The average molecular weight is 1690 g/mol. The number of hydrogen-bond acceptors (Lipinski definition) is 32. The number of benzene rings is 2. The van der Waals surface area contributed by atoms with Gasteiger partial charge in [-0.2, -0.15) is 4.74 Å². The Morgan fingerprint density at radius 1 is 0.473 bits per heavy atom. The molecule has 4 aliphatic heterocycles. The van der Waals surface area contributed by atoms with Crippen LogP contribution in [0, 0.1) is 6.61 Å². The van der Waals surface area contributed by atoms with Crippen LogP contribution in [-0.4, -0.2) is 196 Å². The van der Waals surface area contributed by atoms with E-state index in [0.717, 1.165) is 35.7 Å². The lowest BCUT2D eigenvalue weighted by atomic mass is 10.1. The first kappa shape index (κ1) is 100.0. The number of phosphoric acid groups is 1. The zero-order valence-electron chi connectivity index (χ0n) is 64.7. The molecule has 0 aliphatic carbocycles. The molecule has 112 heavy (non-hydrogen) atoms. The Labute approximate surface area is 659 Å². The monoisotopic (exact) mass is 1690 g/mol. The van der Waals surface area contributed by atoms with Gasteiger partial charge in [-0.1, -0.05) is 28.1 Å². The normalized spacial score (nSPS) is 14.7. The Kier molecular flexibility index (Phi) is 54.0. The number of carbonyl (C=O) groups excluding carboxylic acids is 5. The molecule has 33 nitrogen and oxygen atoms in total. The van der Waals surface area contributed by atoms with E-state index in [9.17, 15) is 37.9 Å². The van der Waals surface area contributed by atoms with E-state index >= 15 is 0 Å². The average Bonchev–Trinajstić information content (AvgIpc) is 1.67. The molecule has 11 rings (SSSR count). The number of fused-ring (bicyclic) bond motifs is 2. The molecule has 36 heteroatoms. The van der Waals surface area contributed by atoms with Crippen LogP contribution >= 0.6 is 31.3 Å². The third kappa shape index (κ3) is 42.1. The van der Waals surface area contributed by atoms with Crippen molar-refractivity contribution in [3.8, 4) is 0 Å². The summed E-state index contributed by atoms with van der Waals surface area (Å²) in [5, 5.41) is 11.5. The maximum Gasteiger partial charge on any atom is 0.508 e. The smallest absolute Gasteiger partial charge is 0.508 e. The van der Waals surface area contributed by atoms with Gasteiger partial charge in [0.15, 0.2) is 30.9 Å². The van der Waals surface area contributed by atoms with Crippen LogP contribution in [0.25, 0.3) is 34.1 Å². The molecule has 5 aromatic heterocycles. The largest absolute Gasteiger partial charge is 0.870 e. The standard InChI is InChI=1S/2C13H16O5.C11H10O3.C9H18O5P.C9H6O3.C6H15O4P.C5H9BrO2.C5H10O3.C5H4O2.H2O/c2*1-2-15-13(14)10(8-11-4-3-5-16-11)9-12-17-6-7-18-12;1-2-13-11(12)9-4-3-8-5-6-14-10(8)7-9;1-3-13-15(10,14-4-2)8-5-9-11-6-7-12-9;10-9(11)7-2-1-6-3-4-12-8(6)5-7;1-4-8-11(7,9-5-2)10-6-3;6-2-1-5-7-3-4-8-5;1-3-7-5(6)8-4-2;6-4-5-2-1-3-7-5;/h2*3-5,8,12H,2,6-7,9H2,1H3;3-7H,2H2,1H3;6,9H,3-5,7-8H2,1-2H3;1-5H,(H,10,11);4-6H2,1-3H3;5H,1-4H2;3-4H2,1-2H3;1-4H;1H2/q;;;+1;;;;;;/p-1. The summed E-state index contributed by atoms with van der Waals surface area (Å²) in [5.74, 6) is -0.396. The molecule has 624 valence electrons. The highest BCUT2D eigenvalue weighted by Crippen LogP contribution is 2.50. The number of alkyl halides is 1. The van der Waals surface area contributed by atoms with E-state index in [-0.39, 0.29) is 54.1 Å². The Morgan fingerprint density at radius 2 is 0.884 bits per heavy atom. The van der Waals surface area contributed by atoms with Gasteiger partial charge >= 0.3 is 45.5 Å². The van der Waals surface area contributed by atoms with Crippen molar-refractivity contribution < 1.29 is 155 Å². The topological polar surface area (TPSA) is 419 Å². The third-order valence-corrected chi connectivity index (χ3v) is 17.9. The van der Waals surface area contributed by atoms with E-state index < -0.39 is 27.5 Å². The fourth-order valence-electron chi connectivity index (χ4n) is 8.93. The molecule has 4 aliphatic rings. The molecule has 1 unspecified atom stereocenters. The van der Waals surface area contributed by atoms with Crippen molar-refractivity contribution in [1.82, 2.24) is 0 Å². The predicted molar refractivity (Wildman–Crippen MR) is 409 cm³/mol. The van der Waals surface area contributed by atoms with E-state index in [1.807, 2.05) is 12.1 Å². The van der Waals surface area contributed by atoms with E-state index in [1.165, 1.54) is 18.6 Å². The van der Waals surface area contributed by atoms with E-state index in [1.54, 1.807) is 174 Å². The molecule has 0 bridgehead atoms. The number of ether oxygens (including phenoxy) is 13. The van der Waals surface area contributed by atoms with Gasteiger partial charge < -0.3 is 98.6 Å². The van der Waals surface area contributed by atoms with Crippen molar-refractivity contribution in [2.45, 2.75) is 120 Å². The van der Waals surface area contributed by atoms with Gasteiger partial charge in [-0.05, 0) is 154 Å². The molecule has 4 saturated heterocycles. The minimum absolute atomic E-state index is 0. The molecule has 2 N–H and O–H groups in total. The summed E-state index contributed by atoms with van der Waals surface area (Å²) in [7, 11) is -6.17. The molecule has 0 saturated carbocycles. The van der Waals surface area contributed by atoms with Crippen LogP contribution in [-0.2, 0) is 103 Å². The number of halogens is 1. The van der Waals surface area contributed by atoms with Crippen molar-refractivity contribution in [3.05, 3.63) is 162 Å². The molecule has 0 amide bonds. The Balaban J connectivity index is 0.000000434. The van der Waals surface area contributed by atoms with Gasteiger partial charge in [0.25, 0.3) is 6.61 Å². The summed E-state index contributed by atoms with van der Waals surface area (Å²) < 4.78 is 139. The zero-order chi connectivity index (χ0) is 81.3. The number of esters is 3. The van der Waals surface area contributed by atoms with Crippen molar-refractivity contribution in [2.75, 3.05) is 124 Å². The first-order valence-corrected chi connectivity index (χ1v) is 40.2. The first-order valence-electron chi connectivity index (χ1n) is 35.9. The van der Waals surface area contributed by atoms with Gasteiger partial charge in [0, 0.05) is 52.9 Å². The Morgan fingerprint density at radius 3 is 1.24 bits per heavy atom. The summed E-state index contributed by atoms with van der Waals surface area (Å²) >= 11 is 3.30. The number of aldehydes is 1. The number of furan rings is 5. The molecular formula is C76H105BrO33P2. The van der Waals surface area contributed by atoms with Crippen LogP contribution in [0.2, 0.25) is 0 Å². The third-order valence-electron chi connectivity index (χ3n) is 13.6. The van der Waals surface area contributed by atoms with Gasteiger partial charge in [0.05, 0.1) is 154 Å². The van der Waals surface area contributed by atoms with Crippen molar-refractivity contribution in [3.63, 3.8) is 0 Å². The second-order valence-electron chi connectivity index (χ2n) is 21.6. The van der Waals surface area contributed by atoms with Crippen molar-refractivity contribution in [2.24, 2.45) is 0 Å². The van der Waals surface area contributed by atoms with Crippen LogP contribution in [0.3, 0.4) is 0 Å². The summed E-state index contributed by atoms with van der Waals surface area (Å²) in [6.45, 7) is 27.0. The Hall–Kier alpha value is -8.09. The minimum atomic E-state index is -3.22. The number of carbonyl (C=O) groups is 6. The van der Waals surface area contributed by atoms with Gasteiger partial charge in [0.2, 0.25) is 12.9 Å². The summed E-state index contributed by atoms with van der Waals surface area (Å²) in [4.78, 5) is 65.5. The van der Waals surface area contributed by atoms with Gasteiger partial charge in [0.1, 0.15) is 22.7 Å². The molecule has 1 atom stereocenters. The lowest BCUT2D eigenvalue weighted by molar-refractivity contribution is -0.140. The van der Waals surface area contributed by atoms with Crippen LogP contribution < -0.4 is 0 Å². The van der Waals surface area contributed by atoms with Crippen LogP contribution in [0.1, 0.15) is 138 Å². The molecule has 2 aromatic carbocycles. The number of carboxylic acid groups (broad SMARTS) is 1. The second-order valence-corrected chi connectivity index (χ2v) is 26.2. The van der Waals surface area contributed by atoms with Crippen LogP contribution in [0.4, 0.5) is 4.79 Å². The molecular weight excluding hydrogens is 1580 g/mol.